The molecule has 32 heavy (non-hydrogen) atoms. The minimum Gasteiger partial charge on any atom is -0.458 e. The molecule has 2 saturated carbocycles. The number of carbonyl (C=O) groups is 3. The number of ketones is 1. The molecule has 0 aromatic heterocycles. The van der Waals surface area contributed by atoms with Gasteiger partial charge < -0.3 is 19.7 Å². The molecule has 0 saturated heterocycles. The van der Waals surface area contributed by atoms with E-state index in [1.54, 1.807) is 46.8 Å². The summed E-state index contributed by atoms with van der Waals surface area (Å²) in [6, 6.07) is 0. The van der Waals surface area contributed by atoms with Crippen LogP contribution < -0.4 is 0 Å². The number of ether oxygens (including phenoxy) is 2. The summed E-state index contributed by atoms with van der Waals surface area (Å²) >= 11 is 0. The second-order valence-corrected chi connectivity index (χ2v) is 10.1. The summed E-state index contributed by atoms with van der Waals surface area (Å²) in [5.41, 5.74) is -3.49. The number of hydrogen-bond donors (Lipinski definition) is 2. The monoisotopic (exact) mass is 450 g/mol. The number of fused-ring (bicyclic) bond motifs is 1. The zero-order chi connectivity index (χ0) is 24.6. The van der Waals surface area contributed by atoms with Gasteiger partial charge in [-0.2, -0.15) is 0 Å². The third-order valence-electron chi connectivity index (χ3n) is 7.64. The van der Waals surface area contributed by atoms with Crippen molar-refractivity contribution in [3.63, 3.8) is 0 Å². The quantitative estimate of drug-likeness (QED) is 0.488. The molecule has 0 radical (unpaired) electrons. The van der Waals surface area contributed by atoms with Crippen LogP contribution in [-0.2, 0) is 23.9 Å². The van der Waals surface area contributed by atoms with Crippen molar-refractivity contribution in [3.8, 4) is 0 Å². The fourth-order valence-electron chi connectivity index (χ4n) is 5.20. The Bertz CT molecular complexity index is 837. The first-order valence-electron chi connectivity index (χ1n) is 11.3. The second-order valence-electron chi connectivity index (χ2n) is 10.1. The number of carbonyl (C=O) groups excluding carboxylic acids is 3. The van der Waals surface area contributed by atoms with Gasteiger partial charge in [-0.05, 0) is 53.4 Å². The van der Waals surface area contributed by atoms with Crippen molar-refractivity contribution in [2.24, 2.45) is 17.3 Å². The van der Waals surface area contributed by atoms with E-state index >= 15 is 0 Å². The molecule has 0 amide bonds. The van der Waals surface area contributed by atoms with E-state index in [0.717, 1.165) is 0 Å². The maximum Gasteiger partial charge on any atom is 0.334 e. The highest BCUT2D eigenvalue weighted by Gasteiger charge is 2.68. The van der Waals surface area contributed by atoms with Gasteiger partial charge >= 0.3 is 11.9 Å². The molecule has 0 heterocycles. The third-order valence-corrected chi connectivity index (χ3v) is 7.64. The molecule has 180 valence electrons. The minimum atomic E-state index is -1.91. The molecule has 2 N–H and O–H groups in total. The third kappa shape index (κ3) is 4.42. The smallest absolute Gasteiger partial charge is 0.334 e. The summed E-state index contributed by atoms with van der Waals surface area (Å²) in [6.07, 6.45) is 1.51. The van der Waals surface area contributed by atoms with Crippen LogP contribution in [-0.4, -0.2) is 51.3 Å². The molecule has 6 unspecified atom stereocenters. The van der Waals surface area contributed by atoms with Crippen LogP contribution in [0, 0.1) is 17.3 Å². The molecular formula is C25H38O7. The Kier molecular flexibility index (Phi) is 7.47. The SMILES string of the molecule is CC=C(C)C(=O)OC1CC(C)(O)C(=O)C(OC(=O)C(C)=CC)C2(C)CCC(O)(C(C)C)C12. The Morgan fingerprint density at radius 3 is 1.97 bits per heavy atom. The Morgan fingerprint density at radius 1 is 1.00 bits per heavy atom. The van der Waals surface area contributed by atoms with Gasteiger partial charge in [0.05, 0.1) is 5.60 Å². The standard InChI is InChI=1S/C25H38O7/c1-9-15(5)21(27)31-17-13-24(8,29)19(26)20(32-22(28)16(6)10-2)23(7)11-12-25(30,14(3)4)18(17)23/h9-10,14,17-18,20,29-30H,11-13H2,1-8H3. The van der Waals surface area contributed by atoms with E-state index in [1.807, 2.05) is 13.8 Å². The van der Waals surface area contributed by atoms with Gasteiger partial charge in [-0.15, -0.1) is 0 Å². The number of allylic oxidation sites excluding steroid dienone is 2. The summed E-state index contributed by atoms with van der Waals surface area (Å²) in [6.45, 7) is 13.5. The molecular weight excluding hydrogens is 412 g/mol. The van der Waals surface area contributed by atoms with Crippen molar-refractivity contribution in [1.82, 2.24) is 0 Å². The first kappa shape index (κ1) is 26.3. The van der Waals surface area contributed by atoms with Crippen LogP contribution in [0.3, 0.4) is 0 Å². The van der Waals surface area contributed by atoms with Crippen LogP contribution >= 0.6 is 0 Å². The van der Waals surface area contributed by atoms with Crippen LogP contribution in [0.15, 0.2) is 23.3 Å². The van der Waals surface area contributed by atoms with Crippen molar-refractivity contribution in [2.75, 3.05) is 0 Å². The largest absolute Gasteiger partial charge is 0.458 e. The molecule has 6 atom stereocenters. The lowest BCUT2D eigenvalue weighted by molar-refractivity contribution is -0.176. The Hall–Kier alpha value is -1.99. The first-order chi connectivity index (χ1) is 14.7. The summed E-state index contributed by atoms with van der Waals surface area (Å²) in [4.78, 5) is 38.8. The molecule has 2 aliphatic rings. The van der Waals surface area contributed by atoms with Gasteiger partial charge in [0.15, 0.2) is 6.10 Å². The number of aliphatic hydroxyl groups is 2. The fourth-order valence-corrected chi connectivity index (χ4v) is 5.20. The lowest BCUT2D eigenvalue weighted by atomic mass is 9.66. The van der Waals surface area contributed by atoms with Gasteiger partial charge in [-0.3, -0.25) is 4.79 Å². The molecule has 2 rings (SSSR count). The van der Waals surface area contributed by atoms with Crippen molar-refractivity contribution in [2.45, 2.75) is 98.1 Å². The predicted octanol–water partition coefficient (Wildman–Crippen LogP) is 3.27. The Morgan fingerprint density at radius 2 is 1.50 bits per heavy atom. The summed E-state index contributed by atoms with van der Waals surface area (Å²) in [5, 5.41) is 22.9. The molecule has 2 aliphatic carbocycles. The number of rotatable bonds is 5. The average Bonchev–Trinajstić information content (AvgIpc) is 2.98. The van der Waals surface area contributed by atoms with Crippen molar-refractivity contribution < 1.29 is 34.1 Å². The first-order valence-corrected chi connectivity index (χ1v) is 11.3. The maximum absolute atomic E-state index is 13.5. The molecule has 0 aromatic rings. The van der Waals surface area contributed by atoms with E-state index in [0.29, 0.717) is 24.0 Å². The molecule has 7 nitrogen and oxygen atoms in total. The Balaban J connectivity index is 2.67. The van der Waals surface area contributed by atoms with E-state index < -0.39 is 52.5 Å². The maximum atomic E-state index is 13.5. The van der Waals surface area contributed by atoms with Crippen molar-refractivity contribution in [3.05, 3.63) is 23.3 Å². The average molecular weight is 451 g/mol. The number of Topliss-reactive ketones (excluding diaryl/α,β-unsaturated/α-hetero) is 1. The molecule has 0 bridgehead atoms. The van der Waals surface area contributed by atoms with Crippen molar-refractivity contribution in [1.29, 1.82) is 0 Å². The lowest BCUT2D eigenvalue weighted by Crippen LogP contribution is -2.54. The molecule has 2 fully saturated rings. The van der Waals surface area contributed by atoms with Gasteiger partial charge in [0, 0.05) is 28.9 Å². The van der Waals surface area contributed by atoms with Gasteiger partial charge in [0.1, 0.15) is 11.7 Å². The van der Waals surface area contributed by atoms with Crippen LogP contribution in [0.1, 0.15) is 74.7 Å². The van der Waals surface area contributed by atoms with E-state index in [4.69, 9.17) is 9.47 Å². The summed E-state index contributed by atoms with van der Waals surface area (Å²) in [5.74, 6) is -2.80. The van der Waals surface area contributed by atoms with E-state index in [2.05, 4.69) is 0 Å². The van der Waals surface area contributed by atoms with E-state index in [9.17, 15) is 24.6 Å². The fraction of sp³-hybridized carbons (Fsp3) is 0.720. The summed E-state index contributed by atoms with van der Waals surface area (Å²) in [7, 11) is 0. The number of hydrogen-bond acceptors (Lipinski definition) is 7. The molecule has 0 aromatic carbocycles. The summed E-state index contributed by atoms with van der Waals surface area (Å²) < 4.78 is 11.5. The normalized spacial score (nSPS) is 38.3. The van der Waals surface area contributed by atoms with E-state index in [-0.39, 0.29) is 12.3 Å². The molecule has 0 aliphatic heterocycles. The zero-order valence-electron chi connectivity index (χ0n) is 20.5. The van der Waals surface area contributed by atoms with Gasteiger partial charge in [0.25, 0.3) is 0 Å². The predicted molar refractivity (Wildman–Crippen MR) is 119 cm³/mol. The van der Waals surface area contributed by atoms with Crippen LogP contribution in [0.2, 0.25) is 0 Å². The van der Waals surface area contributed by atoms with Gasteiger partial charge in [0.2, 0.25) is 5.78 Å². The highest BCUT2D eigenvalue weighted by molar-refractivity contribution is 5.96. The number of esters is 2. The highest BCUT2D eigenvalue weighted by Crippen LogP contribution is 2.59. The van der Waals surface area contributed by atoms with Crippen LogP contribution in [0.25, 0.3) is 0 Å². The van der Waals surface area contributed by atoms with Gasteiger partial charge in [-0.25, -0.2) is 9.59 Å². The van der Waals surface area contributed by atoms with Gasteiger partial charge in [-0.1, -0.05) is 32.9 Å². The minimum absolute atomic E-state index is 0.194. The zero-order valence-corrected chi connectivity index (χ0v) is 20.5. The van der Waals surface area contributed by atoms with Crippen LogP contribution in [0.4, 0.5) is 0 Å². The van der Waals surface area contributed by atoms with E-state index in [1.165, 1.54) is 6.92 Å². The second kappa shape index (κ2) is 9.10. The lowest BCUT2D eigenvalue weighted by Gasteiger charge is -2.44. The molecule has 0 spiro atoms. The Labute approximate surface area is 190 Å². The van der Waals surface area contributed by atoms with Crippen LogP contribution in [0.5, 0.6) is 0 Å². The highest BCUT2D eigenvalue weighted by atomic mass is 16.6. The van der Waals surface area contributed by atoms with Crippen molar-refractivity contribution >= 4 is 17.7 Å². The molecule has 7 heteroatoms. The topological polar surface area (TPSA) is 110 Å².